The maximum absolute atomic E-state index is 12.8. The van der Waals surface area contributed by atoms with Crippen molar-refractivity contribution in [2.45, 2.75) is 70.4 Å². The van der Waals surface area contributed by atoms with E-state index in [-0.39, 0.29) is 11.8 Å². The first-order valence-electron chi connectivity index (χ1n) is 9.61. The van der Waals surface area contributed by atoms with Crippen molar-refractivity contribution >= 4 is 11.7 Å². The Morgan fingerprint density at radius 1 is 1.24 bits per heavy atom. The first-order chi connectivity index (χ1) is 12.1. The second-order valence-electron chi connectivity index (χ2n) is 8.27. The third-order valence-corrected chi connectivity index (χ3v) is 6.51. The predicted molar refractivity (Wildman–Crippen MR) is 93.4 cm³/mol. The minimum Gasteiger partial charge on any atom is -0.366 e. The Hall–Kier alpha value is -1.72. The summed E-state index contributed by atoms with van der Waals surface area (Å²) < 4.78 is 12.8. The quantitative estimate of drug-likeness (QED) is 0.859. The van der Waals surface area contributed by atoms with E-state index in [2.05, 4.69) is 27.5 Å². The first kappa shape index (κ1) is 16.7. The number of rotatable bonds is 5. The predicted octanol–water partition coefficient (Wildman–Crippen LogP) is 3.28. The summed E-state index contributed by atoms with van der Waals surface area (Å²) >= 11 is 0. The lowest BCUT2D eigenvalue weighted by molar-refractivity contribution is -0.123. The average molecular weight is 346 g/mol. The van der Waals surface area contributed by atoms with Gasteiger partial charge in [0.05, 0.1) is 12.4 Å². The molecule has 1 aromatic rings. The number of carbonyl (C=O) groups excluding carboxylic acids is 1. The molecule has 3 saturated carbocycles. The number of aromatic nitrogens is 2. The molecule has 3 aliphatic rings. The van der Waals surface area contributed by atoms with Crippen LogP contribution in [0, 0.1) is 23.2 Å². The molecule has 0 saturated heterocycles. The molecule has 4 rings (SSSR count). The van der Waals surface area contributed by atoms with Crippen molar-refractivity contribution in [1.29, 1.82) is 0 Å². The minimum absolute atomic E-state index is 0.287. The number of nitrogens with zero attached hydrogens (tertiary/aromatic N) is 2. The Balaban J connectivity index is 1.19. The molecule has 0 bridgehead atoms. The van der Waals surface area contributed by atoms with E-state index in [1.54, 1.807) is 0 Å². The fraction of sp³-hybridized carbons (Fsp3) is 0.737. The number of anilines is 1. The zero-order valence-electron chi connectivity index (χ0n) is 14.8. The zero-order valence-corrected chi connectivity index (χ0v) is 14.8. The van der Waals surface area contributed by atoms with Gasteiger partial charge in [-0.25, -0.2) is 9.97 Å². The van der Waals surface area contributed by atoms with E-state index < -0.39 is 5.95 Å². The molecule has 2 atom stereocenters. The molecule has 25 heavy (non-hydrogen) atoms. The van der Waals surface area contributed by atoms with E-state index in [1.807, 2.05) is 0 Å². The lowest BCUT2D eigenvalue weighted by Crippen LogP contribution is -2.50. The number of halogens is 1. The molecule has 0 aliphatic heterocycles. The summed E-state index contributed by atoms with van der Waals surface area (Å²) in [7, 11) is 0. The number of hydrogen-bond acceptors (Lipinski definition) is 4. The summed E-state index contributed by atoms with van der Waals surface area (Å²) in [6.45, 7) is 2.17. The van der Waals surface area contributed by atoms with Gasteiger partial charge in [-0.15, -0.1) is 0 Å². The van der Waals surface area contributed by atoms with Gasteiger partial charge in [0.1, 0.15) is 5.82 Å². The Kier molecular flexibility index (Phi) is 4.38. The second kappa shape index (κ2) is 6.54. The van der Waals surface area contributed by atoms with Gasteiger partial charge in [0.2, 0.25) is 11.9 Å². The van der Waals surface area contributed by atoms with Crippen molar-refractivity contribution in [3.63, 3.8) is 0 Å². The highest BCUT2D eigenvalue weighted by Crippen LogP contribution is 2.52. The van der Waals surface area contributed by atoms with Crippen molar-refractivity contribution in [1.82, 2.24) is 15.3 Å². The number of amides is 1. The largest absolute Gasteiger partial charge is 0.366 e. The Labute approximate surface area is 148 Å². The zero-order chi connectivity index (χ0) is 17.4. The fourth-order valence-electron chi connectivity index (χ4n) is 4.79. The van der Waals surface area contributed by atoms with Gasteiger partial charge < -0.3 is 10.6 Å². The molecule has 2 N–H and O–H groups in total. The van der Waals surface area contributed by atoms with Crippen LogP contribution >= 0.6 is 0 Å². The van der Waals surface area contributed by atoms with Crippen molar-refractivity contribution in [3.05, 3.63) is 18.3 Å². The van der Waals surface area contributed by atoms with Crippen LogP contribution in [0.3, 0.4) is 0 Å². The van der Waals surface area contributed by atoms with Gasteiger partial charge in [-0.05, 0) is 56.3 Å². The van der Waals surface area contributed by atoms with Crippen LogP contribution < -0.4 is 10.6 Å². The van der Waals surface area contributed by atoms with Gasteiger partial charge in [0, 0.05) is 18.0 Å². The number of carbonyl (C=O) groups is 1. The normalized spacial score (nSPS) is 36.6. The molecule has 3 fully saturated rings. The van der Waals surface area contributed by atoms with Crippen LogP contribution in [0.1, 0.15) is 58.3 Å². The molecule has 6 heteroatoms. The van der Waals surface area contributed by atoms with Gasteiger partial charge in [-0.1, -0.05) is 13.3 Å². The van der Waals surface area contributed by atoms with Gasteiger partial charge in [-0.3, -0.25) is 4.79 Å². The van der Waals surface area contributed by atoms with Crippen LogP contribution in [-0.4, -0.2) is 28.0 Å². The van der Waals surface area contributed by atoms with Gasteiger partial charge in [0.15, 0.2) is 0 Å². The second-order valence-corrected chi connectivity index (χ2v) is 8.27. The molecule has 136 valence electrons. The van der Waals surface area contributed by atoms with E-state index >= 15 is 0 Å². The lowest BCUT2D eigenvalue weighted by Gasteiger charge is -2.52. The Bertz CT molecular complexity index is 619. The molecule has 2 unspecified atom stereocenters. The minimum atomic E-state index is -0.549. The molecular weight excluding hydrogens is 319 g/mol. The van der Waals surface area contributed by atoms with Crippen molar-refractivity contribution in [2.24, 2.45) is 17.3 Å². The first-order valence-corrected chi connectivity index (χ1v) is 9.61. The Morgan fingerprint density at radius 2 is 2.00 bits per heavy atom. The molecule has 0 radical (unpaired) electrons. The maximum atomic E-state index is 12.8. The van der Waals surface area contributed by atoms with E-state index in [4.69, 9.17) is 0 Å². The molecule has 0 aromatic carbocycles. The summed E-state index contributed by atoms with van der Waals surface area (Å²) in [4.78, 5) is 19.9. The van der Waals surface area contributed by atoms with Gasteiger partial charge in [0.25, 0.3) is 0 Å². The summed E-state index contributed by atoms with van der Waals surface area (Å²) in [5.74, 6) is 1.30. The highest BCUT2D eigenvalue weighted by atomic mass is 19.1. The van der Waals surface area contributed by atoms with Crippen LogP contribution in [0.15, 0.2) is 12.4 Å². The van der Waals surface area contributed by atoms with Gasteiger partial charge >= 0.3 is 0 Å². The molecular formula is C19H27FN4O. The van der Waals surface area contributed by atoms with E-state index in [0.717, 1.165) is 44.7 Å². The van der Waals surface area contributed by atoms with Crippen LogP contribution in [0.2, 0.25) is 0 Å². The molecule has 1 amide bonds. The van der Waals surface area contributed by atoms with Crippen molar-refractivity contribution < 1.29 is 9.18 Å². The maximum Gasteiger partial charge on any atom is 0.231 e. The fourth-order valence-corrected chi connectivity index (χ4v) is 4.79. The van der Waals surface area contributed by atoms with Crippen molar-refractivity contribution in [2.75, 3.05) is 5.32 Å². The highest BCUT2D eigenvalue weighted by molar-refractivity contribution is 5.81. The van der Waals surface area contributed by atoms with Crippen LogP contribution in [0.5, 0.6) is 0 Å². The summed E-state index contributed by atoms with van der Waals surface area (Å²) in [6, 6.07) is 0.772. The molecule has 1 heterocycles. The summed E-state index contributed by atoms with van der Waals surface area (Å²) in [6.07, 6.45) is 11.6. The Morgan fingerprint density at radius 3 is 2.60 bits per heavy atom. The topological polar surface area (TPSA) is 66.9 Å². The molecule has 1 spiro atoms. The third kappa shape index (κ3) is 3.62. The monoisotopic (exact) mass is 346 g/mol. The number of hydrogen-bond donors (Lipinski definition) is 2. The van der Waals surface area contributed by atoms with Crippen molar-refractivity contribution in [3.8, 4) is 0 Å². The van der Waals surface area contributed by atoms with Crippen LogP contribution in [-0.2, 0) is 4.79 Å². The van der Waals surface area contributed by atoms with E-state index in [1.165, 1.54) is 19.0 Å². The highest BCUT2D eigenvalue weighted by Gasteiger charge is 2.47. The summed E-state index contributed by atoms with van der Waals surface area (Å²) in [5.41, 5.74) is 0.428. The SMILES string of the molecule is CCC1CC1C(=O)NC1CCC2(CC1)CC(Nc1cnc(F)cn1)C2. The smallest absolute Gasteiger partial charge is 0.231 e. The number of nitrogens with one attached hydrogen (secondary N) is 2. The third-order valence-electron chi connectivity index (χ3n) is 6.51. The molecule has 3 aliphatic carbocycles. The van der Waals surface area contributed by atoms with Crippen LogP contribution in [0.25, 0.3) is 0 Å². The average Bonchev–Trinajstić information content (AvgIpc) is 3.37. The standard InChI is InChI=1S/C19H27FN4O/c1-2-12-7-15(12)18(25)24-13-3-5-19(6-4-13)8-14(9-19)23-17-11-21-16(20)10-22-17/h10-15H,2-9H2,1H3,(H,22,23)(H,24,25). The van der Waals surface area contributed by atoms with E-state index in [9.17, 15) is 9.18 Å². The summed E-state index contributed by atoms with van der Waals surface area (Å²) in [5, 5.41) is 6.62. The van der Waals surface area contributed by atoms with Gasteiger partial charge in [-0.2, -0.15) is 4.39 Å². The molecule has 1 aromatic heterocycles. The van der Waals surface area contributed by atoms with Crippen LogP contribution in [0.4, 0.5) is 10.2 Å². The lowest BCUT2D eigenvalue weighted by atomic mass is 9.57. The van der Waals surface area contributed by atoms with E-state index in [0.29, 0.717) is 29.2 Å². The molecule has 5 nitrogen and oxygen atoms in total.